The lowest BCUT2D eigenvalue weighted by atomic mass is 10.00. The highest BCUT2D eigenvalue weighted by atomic mass is 16.5. The van der Waals surface area contributed by atoms with Crippen molar-refractivity contribution in [3.8, 4) is 5.75 Å². The second-order valence-electron chi connectivity index (χ2n) is 8.20. The van der Waals surface area contributed by atoms with Gasteiger partial charge in [-0.2, -0.15) is 0 Å². The van der Waals surface area contributed by atoms with Crippen LogP contribution in [0.4, 0.5) is 0 Å². The number of hydrogen-bond donors (Lipinski definition) is 3. The lowest BCUT2D eigenvalue weighted by molar-refractivity contribution is 0.0829. The zero-order valence-corrected chi connectivity index (χ0v) is 19.0. The molecule has 3 N–H and O–H groups in total. The van der Waals surface area contributed by atoms with E-state index >= 15 is 0 Å². The molecule has 168 valence electrons. The van der Waals surface area contributed by atoms with Gasteiger partial charge in [0.15, 0.2) is 0 Å². The molecule has 0 spiro atoms. The van der Waals surface area contributed by atoms with Crippen LogP contribution in [0.3, 0.4) is 0 Å². The maximum absolute atomic E-state index is 13.0. The number of carbonyl (C=O) groups excluding carboxylic acids is 1. The van der Waals surface area contributed by atoms with Crippen molar-refractivity contribution in [2.45, 2.75) is 39.0 Å². The number of nitrogens with one attached hydrogen (secondary N) is 2. The third-order valence-electron chi connectivity index (χ3n) is 5.38. The van der Waals surface area contributed by atoms with Crippen molar-refractivity contribution in [3.63, 3.8) is 0 Å². The third-order valence-corrected chi connectivity index (χ3v) is 5.38. The minimum Gasteiger partial charge on any atom is -0.497 e. The van der Waals surface area contributed by atoms with Gasteiger partial charge in [-0.3, -0.25) is 4.79 Å². The first kappa shape index (κ1) is 23.5. The van der Waals surface area contributed by atoms with Crippen molar-refractivity contribution in [1.82, 2.24) is 10.6 Å². The predicted molar refractivity (Wildman–Crippen MR) is 128 cm³/mol. The Balaban J connectivity index is 1.67. The van der Waals surface area contributed by atoms with Crippen molar-refractivity contribution in [3.05, 3.63) is 101 Å². The second kappa shape index (κ2) is 11.5. The first-order valence-electron chi connectivity index (χ1n) is 10.9. The fraction of sp³-hybridized carbons (Fsp3) is 0.296. The molecule has 2 unspecified atom stereocenters. The summed E-state index contributed by atoms with van der Waals surface area (Å²) in [7, 11) is 1.64. The third kappa shape index (κ3) is 6.94. The molecule has 5 heteroatoms. The Kier molecular flexibility index (Phi) is 8.42. The Labute approximate surface area is 190 Å². The van der Waals surface area contributed by atoms with Gasteiger partial charge in [0.25, 0.3) is 5.91 Å². The first-order chi connectivity index (χ1) is 15.4. The summed E-state index contributed by atoms with van der Waals surface area (Å²) in [6.07, 6.45) is -0.213. The van der Waals surface area contributed by atoms with E-state index in [1.54, 1.807) is 7.11 Å². The highest BCUT2D eigenvalue weighted by molar-refractivity contribution is 5.94. The standard InChI is InChI=1S/C27H32N2O3/c1-19-12-20(2)14-23(13-19)27(31)29-25(16-21-8-5-4-6-9-21)26(30)18-28-17-22-10-7-11-24(15-22)32-3/h4-15,25-26,28,30H,16-18H2,1-3H3,(H,29,31). The van der Waals surface area contributed by atoms with E-state index in [-0.39, 0.29) is 5.91 Å². The lowest BCUT2D eigenvalue weighted by Gasteiger charge is -2.25. The summed E-state index contributed by atoms with van der Waals surface area (Å²) in [5.41, 5.74) is 4.81. The molecule has 0 bridgehead atoms. The van der Waals surface area contributed by atoms with Crippen LogP contribution in [0.25, 0.3) is 0 Å². The highest BCUT2D eigenvalue weighted by Crippen LogP contribution is 2.13. The molecule has 0 saturated heterocycles. The molecular weight excluding hydrogens is 400 g/mol. The smallest absolute Gasteiger partial charge is 0.251 e. The maximum atomic E-state index is 13.0. The van der Waals surface area contributed by atoms with E-state index in [1.165, 1.54) is 0 Å². The van der Waals surface area contributed by atoms with Gasteiger partial charge >= 0.3 is 0 Å². The summed E-state index contributed by atoms with van der Waals surface area (Å²) in [6, 6.07) is 23.1. The Morgan fingerprint density at radius 3 is 2.31 bits per heavy atom. The maximum Gasteiger partial charge on any atom is 0.251 e. The number of benzene rings is 3. The number of rotatable bonds is 10. The zero-order chi connectivity index (χ0) is 22.9. The van der Waals surface area contributed by atoms with E-state index in [0.717, 1.165) is 28.0 Å². The van der Waals surface area contributed by atoms with Crippen LogP contribution in [0, 0.1) is 13.8 Å². The lowest BCUT2D eigenvalue weighted by Crippen LogP contribution is -2.48. The number of aryl methyl sites for hydroxylation is 2. The number of amides is 1. The summed E-state index contributed by atoms with van der Waals surface area (Å²) in [5.74, 6) is 0.622. The van der Waals surface area contributed by atoms with Crippen molar-refractivity contribution in [2.24, 2.45) is 0 Å². The molecule has 5 nitrogen and oxygen atoms in total. The summed E-state index contributed by atoms with van der Waals surface area (Å²) in [6.45, 7) is 4.89. The number of carbonyl (C=O) groups is 1. The van der Waals surface area contributed by atoms with Crippen LogP contribution in [0.2, 0.25) is 0 Å². The molecule has 0 aromatic heterocycles. The van der Waals surface area contributed by atoms with Crippen LogP contribution in [0.5, 0.6) is 5.75 Å². The van der Waals surface area contributed by atoms with E-state index < -0.39 is 12.1 Å². The zero-order valence-electron chi connectivity index (χ0n) is 19.0. The van der Waals surface area contributed by atoms with Gasteiger partial charge in [0.05, 0.1) is 19.3 Å². The van der Waals surface area contributed by atoms with Gasteiger partial charge in [-0.05, 0) is 55.7 Å². The monoisotopic (exact) mass is 432 g/mol. The van der Waals surface area contributed by atoms with Gasteiger partial charge in [0.1, 0.15) is 5.75 Å². The molecule has 0 aliphatic heterocycles. The molecule has 0 saturated carbocycles. The summed E-state index contributed by atoms with van der Waals surface area (Å²) in [4.78, 5) is 13.0. The van der Waals surface area contributed by atoms with Crippen LogP contribution in [0.1, 0.15) is 32.6 Å². The number of methoxy groups -OCH3 is 1. The molecular formula is C27H32N2O3. The molecule has 32 heavy (non-hydrogen) atoms. The molecule has 3 aromatic carbocycles. The molecule has 0 radical (unpaired) electrons. The molecule has 2 atom stereocenters. The van der Waals surface area contributed by atoms with Gasteiger partial charge < -0.3 is 20.5 Å². The predicted octanol–water partition coefficient (Wildman–Crippen LogP) is 3.80. The summed E-state index contributed by atoms with van der Waals surface area (Å²) in [5, 5.41) is 17.3. The van der Waals surface area contributed by atoms with Crippen molar-refractivity contribution in [2.75, 3.05) is 13.7 Å². The van der Waals surface area contributed by atoms with Crippen LogP contribution >= 0.6 is 0 Å². The minimum atomic E-state index is -0.754. The molecule has 0 aliphatic carbocycles. The van der Waals surface area contributed by atoms with E-state index in [2.05, 4.69) is 10.6 Å². The highest BCUT2D eigenvalue weighted by Gasteiger charge is 2.22. The van der Waals surface area contributed by atoms with Gasteiger partial charge in [-0.15, -0.1) is 0 Å². The largest absolute Gasteiger partial charge is 0.497 e. The van der Waals surface area contributed by atoms with E-state index in [4.69, 9.17) is 4.74 Å². The van der Waals surface area contributed by atoms with Crippen LogP contribution < -0.4 is 15.4 Å². The van der Waals surface area contributed by atoms with Crippen LogP contribution in [-0.2, 0) is 13.0 Å². The Morgan fingerprint density at radius 2 is 1.62 bits per heavy atom. The fourth-order valence-electron chi connectivity index (χ4n) is 3.80. The SMILES string of the molecule is COc1cccc(CNCC(O)C(Cc2ccccc2)NC(=O)c2cc(C)cc(C)c2)c1. The molecule has 0 heterocycles. The van der Waals surface area contributed by atoms with Crippen molar-refractivity contribution >= 4 is 5.91 Å². The summed E-state index contributed by atoms with van der Waals surface area (Å²) < 4.78 is 5.26. The van der Waals surface area contributed by atoms with Gasteiger partial charge in [-0.25, -0.2) is 0 Å². The quantitative estimate of drug-likeness (QED) is 0.456. The van der Waals surface area contributed by atoms with Crippen LogP contribution in [-0.4, -0.2) is 36.8 Å². The Hall–Kier alpha value is -3.15. The average molecular weight is 433 g/mol. The van der Waals surface area contributed by atoms with Crippen molar-refractivity contribution in [1.29, 1.82) is 0 Å². The fourth-order valence-corrected chi connectivity index (χ4v) is 3.80. The minimum absolute atomic E-state index is 0.176. The number of aliphatic hydroxyl groups is 1. The molecule has 3 rings (SSSR count). The van der Waals surface area contributed by atoms with E-state index in [1.807, 2.05) is 86.6 Å². The first-order valence-corrected chi connectivity index (χ1v) is 10.9. The molecule has 0 aliphatic rings. The molecule has 0 fully saturated rings. The van der Waals surface area contributed by atoms with Gasteiger partial charge in [0.2, 0.25) is 0 Å². The molecule has 1 amide bonds. The summed E-state index contributed by atoms with van der Waals surface area (Å²) >= 11 is 0. The van der Waals surface area contributed by atoms with Crippen molar-refractivity contribution < 1.29 is 14.6 Å². The Morgan fingerprint density at radius 1 is 0.938 bits per heavy atom. The normalized spacial score (nSPS) is 12.8. The average Bonchev–Trinajstić information content (AvgIpc) is 2.78. The topological polar surface area (TPSA) is 70.6 Å². The van der Waals surface area contributed by atoms with E-state index in [0.29, 0.717) is 25.1 Å². The van der Waals surface area contributed by atoms with Gasteiger partial charge in [0, 0.05) is 18.7 Å². The number of hydrogen-bond acceptors (Lipinski definition) is 4. The Bertz CT molecular complexity index is 1000. The van der Waals surface area contributed by atoms with Crippen LogP contribution in [0.15, 0.2) is 72.8 Å². The molecule has 3 aromatic rings. The van der Waals surface area contributed by atoms with E-state index in [9.17, 15) is 9.90 Å². The second-order valence-corrected chi connectivity index (χ2v) is 8.20. The van der Waals surface area contributed by atoms with Gasteiger partial charge in [-0.1, -0.05) is 59.7 Å². The number of ether oxygens (including phenoxy) is 1. The number of aliphatic hydroxyl groups excluding tert-OH is 1.